The van der Waals surface area contributed by atoms with E-state index in [1.807, 2.05) is 18.2 Å². The third kappa shape index (κ3) is 3.93. The molecule has 3 nitrogen and oxygen atoms in total. The van der Waals surface area contributed by atoms with Crippen LogP contribution in [0.25, 0.3) is 0 Å². The molecule has 0 amide bonds. The Kier molecular flexibility index (Phi) is 5.46. The number of halogens is 1. The van der Waals surface area contributed by atoms with Crippen LogP contribution in [0.3, 0.4) is 0 Å². The monoisotopic (exact) mass is 288 g/mol. The Morgan fingerprint density at radius 1 is 1.06 bits per heavy atom. The third-order valence-electron chi connectivity index (χ3n) is 2.12. The Morgan fingerprint density at radius 3 is 2.00 bits per heavy atom. The van der Waals surface area contributed by atoms with Crippen LogP contribution in [-0.2, 0) is 0 Å². The lowest BCUT2D eigenvalue weighted by atomic mass is 10.2. The van der Waals surface area contributed by atoms with Gasteiger partial charge in [-0.15, -0.1) is 0 Å². The van der Waals surface area contributed by atoms with Gasteiger partial charge in [-0.25, -0.2) is 0 Å². The van der Waals surface area contributed by atoms with E-state index in [1.54, 1.807) is 14.2 Å². The molecule has 1 aromatic carbocycles. The van der Waals surface area contributed by atoms with E-state index in [4.69, 9.17) is 14.2 Å². The van der Waals surface area contributed by atoms with E-state index in [-0.39, 0.29) is 0 Å². The molecule has 16 heavy (non-hydrogen) atoms. The van der Waals surface area contributed by atoms with E-state index in [0.29, 0.717) is 12.5 Å². The van der Waals surface area contributed by atoms with E-state index >= 15 is 0 Å². The quantitative estimate of drug-likeness (QED) is 0.753. The van der Waals surface area contributed by atoms with Gasteiger partial charge in [0.15, 0.2) is 0 Å². The number of hydrogen-bond donors (Lipinski definition) is 0. The molecule has 0 saturated heterocycles. The van der Waals surface area contributed by atoms with Gasteiger partial charge in [0, 0.05) is 23.5 Å². The predicted octanol–water partition coefficient (Wildman–Crippen LogP) is 3.11. The maximum Gasteiger partial charge on any atom is 0.126 e. The number of alkyl halides is 1. The first-order valence-electron chi connectivity index (χ1n) is 5.11. The summed E-state index contributed by atoms with van der Waals surface area (Å²) < 4.78 is 16.0. The highest BCUT2D eigenvalue weighted by Crippen LogP contribution is 2.27. The van der Waals surface area contributed by atoms with Crippen molar-refractivity contribution in [3.05, 3.63) is 18.2 Å². The summed E-state index contributed by atoms with van der Waals surface area (Å²) in [5.74, 6) is 2.71. The first-order chi connectivity index (χ1) is 7.69. The molecule has 1 rings (SSSR count). The van der Waals surface area contributed by atoms with Gasteiger partial charge >= 0.3 is 0 Å². The molecule has 0 aliphatic rings. The fourth-order valence-corrected chi connectivity index (χ4v) is 1.33. The molecule has 0 aliphatic carbocycles. The van der Waals surface area contributed by atoms with Crippen LogP contribution in [-0.4, -0.2) is 26.2 Å². The highest BCUT2D eigenvalue weighted by atomic mass is 79.9. The summed E-state index contributed by atoms with van der Waals surface area (Å²) in [4.78, 5) is 0. The van der Waals surface area contributed by atoms with Crippen molar-refractivity contribution in [2.24, 2.45) is 5.92 Å². The van der Waals surface area contributed by atoms with Crippen molar-refractivity contribution >= 4 is 15.9 Å². The molecule has 0 aliphatic heterocycles. The predicted molar refractivity (Wildman–Crippen MR) is 68.0 cm³/mol. The minimum Gasteiger partial charge on any atom is -0.496 e. The lowest BCUT2D eigenvalue weighted by molar-refractivity contribution is 0.270. The molecule has 0 saturated carbocycles. The smallest absolute Gasteiger partial charge is 0.126 e. The SMILES string of the molecule is COc1cc(OC)cc(OCC(C)CBr)c1. The summed E-state index contributed by atoms with van der Waals surface area (Å²) in [7, 11) is 3.25. The van der Waals surface area contributed by atoms with Crippen LogP contribution < -0.4 is 14.2 Å². The molecule has 0 N–H and O–H groups in total. The van der Waals surface area contributed by atoms with Crippen LogP contribution in [0.1, 0.15) is 6.92 Å². The molecule has 4 heteroatoms. The number of benzene rings is 1. The fourth-order valence-electron chi connectivity index (χ4n) is 1.15. The minimum absolute atomic E-state index is 0.470. The van der Waals surface area contributed by atoms with Crippen LogP contribution in [0.15, 0.2) is 18.2 Å². The van der Waals surface area contributed by atoms with Crippen LogP contribution in [0.4, 0.5) is 0 Å². The van der Waals surface area contributed by atoms with Gasteiger partial charge in [0.25, 0.3) is 0 Å². The van der Waals surface area contributed by atoms with Gasteiger partial charge in [0.05, 0.1) is 20.8 Å². The Bertz CT molecular complexity index is 306. The molecule has 0 aromatic heterocycles. The van der Waals surface area contributed by atoms with Crippen LogP contribution in [0.5, 0.6) is 17.2 Å². The first-order valence-corrected chi connectivity index (χ1v) is 6.23. The third-order valence-corrected chi connectivity index (χ3v) is 3.23. The standard InChI is InChI=1S/C12H17BrO3/c1-9(7-13)8-16-12-5-10(14-2)4-11(6-12)15-3/h4-6,9H,7-8H2,1-3H3. The Hall–Kier alpha value is -0.900. The Balaban J connectivity index is 2.71. The van der Waals surface area contributed by atoms with Gasteiger partial charge in [0.1, 0.15) is 17.2 Å². The van der Waals surface area contributed by atoms with Gasteiger partial charge in [-0.1, -0.05) is 22.9 Å². The molecular formula is C12H17BrO3. The maximum atomic E-state index is 5.65. The second-order valence-corrected chi connectivity index (χ2v) is 4.27. The second-order valence-electron chi connectivity index (χ2n) is 3.62. The van der Waals surface area contributed by atoms with Crippen molar-refractivity contribution in [1.29, 1.82) is 0 Å². The van der Waals surface area contributed by atoms with Crippen LogP contribution in [0.2, 0.25) is 0 Å². The summed E-state index contributed by atoms with van der Waals surface area (Å²) >= 11 is 3.42. The minimum atomic E-state index is 0.470. The Labute approximate surface area is 105 Å². The molecule has 1 aromatic rings. The lowest BCUT2D eigenvalue weighted by Gasteiger charge is -2.12. The van der Waals surface area contributed by atoms with Crippen molar-refractivity contribution in [2.75, 3.05) is 26.2 Å². The second kappa shape index (κ2) is 6.63. The number of methoxy groups -OCH3 is 2. The molecule has 90 valence electrons. The van der Waals surface area contributed by atoms with Gasteiger partial charge in [0.2, 0.25) is 0 Å². The van der Waals surface area contributed by atoms with E-state index in [0.717, 1.165) is 22.6 Å². The molecular weight excluding hydrogens is 272 g/mol. The highest BCUT2D eigenvalue weighted by molar-refractivity contribution is 9.09. The summed E-state index contributed by atoms with van der Waals surface area (Å²) in [5, 5.41) is 0.925. The average Bonchev–Trinajstić information content (AvgIpc) is 2.35. The summed E-state index contributed by atoms with van der Waals surface area (Å²) in [6, 6.07) is 5.52. The zero-order valence-electron chi connectivity index (χ0n) is 9.83. The van der Waals surface area contributed by atoms with Crippen molar-refractivity contribution in [3.63, 3.8) is 0 Å². The van der Waals surface area contributed by atoms with Gasteiger partial charge in [-0.3, -0.25) is 0 Å². The summed E-state index contributed by atoms with van der Waals surface area (Å²) in [6.07, 6.45) is 0. The zero-order valence-corrected chi connectivity index (χ0v) is 11.4. The molecule has 0 radical (unpaired) electrons. The van der Waals surface area contributed by atoms with Crippen molar-refractivity contribution in [1.82, 2.24) is 0 Å². The zero-order chi connectivity index (χ0) is 12.0. The van der Waals surface area contributed by atoms with Gasteiger partial charge in [-0.2, -0.15) is 0 Å². The largest absolute Gasteiger partial charge is 0.496 e. The number of rotatable bonds is 6. The average molecular weight is 289 g/mol. The van der Waals surface area contributed by atoms with Crippen molar-refractivity contribution in [3.8, 4) is 17.2 Å². The molecule has 0 heterocycles. The molecule has 0 fully saturated rings. The van der Waals surface area contributed by atoms with E-state index in [9.17, 15) is 0 Å². The van der Waals surface area contributed by atoms with Crippen molar-refractivity contribution in [2.45, 2.75) is 6.92 Å². The maximum absolute atomic E-state index is 5.65. The topological polar surface area (TPSA) is 27.7 Å². The highest BCUT2D eigenvalue weighted by Gasteiger charge is 2.05. The van der Waals surface area contributed by atoms with Crippen molar-refractivity contribution < 1.29 is 14.2 Å². The molecule has 0 bridgehead atoms. The normalized spacial score (nSPS) is 12.0. The van der Waals surface area contributed by atoms with Gasteiger partial charge in [-0.05, 0) is 5.92 Å². The number of hydrogen-bond acceptors (Lipinski definition) is 3. The fraction of sp³-hybridized carbons (Fsp3) is 0.500. The van der Waals surface area contributed by atoms with Gasteiger partial charge < -0.3 is 14.2 Å². The number of ether oxygens (including phenoxy) is 3. The van der Waals surface area contributed by atoms with E-state index in [2.05, 4.69) is 22.9 Å². The first kappa shape index (κ1) is 13.2. The molecule has 1 atom stereocenters. The molecule has 1 unspecified atom stereocenters. The Morgan fingerprint density at radius 2 is 1.56 bits per heavy atom. The summed E-state index contributed by atoms with van der Waals surface area (Å²) in [5.41, 5.74) is 0. The molecule has 0 spiro atoms. The summed E-state index contributed by atoms with van der Waals surface area (Å²) in [6.45, 7) is 2.79. The van der Waals surface area contributed by atoms with Crippen LogP contribution >= 0.6 is 15.9 Å². The van der Waals surface area contributed by atoms with Crippen LogP contribution in [0, 0.1) is 5.92 Å². The lowest BCUT2D eigenvalue weighted by Crippen LogP contribution is -2.09. The van der Waals surface area contributed by atoms with E-state index in [1.165, 1.54) is 0 Å². The van der Waals surface area contributed by atoms with E-state index < -0.39 is 0 Å².